The molecule has 0 radical (unpaired) electrons. The molecule has 0 fully saturated rings. The number of benzene rings is 2. The summed E-state index contributed by atoms with van der Waals surface area (Å²) in [6.07, 6.45) is 6.12. The average molecular weight is 437 g/mol. The van der Waals surface area contributed by atoms with Crippen LogP contribution in [0.15, 0.2) is 96.9 Å². The van der Waals surface area contributed by atoms with Gasteiger partial charge >= 0.3 is 0 Å². The maximum Gasteiger partial charge on any atom is 0.249 e. The molecular formula is C27H24N4O2. The van der Waals surface area contributed by atoms with E-state index in [1.54, 1.807) is 6.20 Å². The first-order valence-corrected chi connectivity index (χ1v) is 10.4. The van der Waals surface area contributed by atoms with Crippen molar-refractivity contribution in [1.82, 2.24) is 9.97 Å². The second-order valence-electron chi connectivity index (χ2n) is 7.63. The summed E-state index contributed by atoms with van der Waals surface area (Å²) in [7, 11) is 0. The van der Waals surface area contributed by atoms with Crippen molar-refractivity contribution in [1.29, 1.82) is 0 Å². The number of aryl methyl sites for hydroxylation is 1. The highest BCUT2D eigenvalue weighted by Crippen LogP contribution is 2.33. The number of carbonyl (C=O) groups excluding carboxylic acids is 1. The Bertz CT molecular complexity index is 1440. The van der Waals surface area contributed by atoms with E-state index in [2.05, 4.69) is 28.7 Å². The standard InChI is InChI=1S/C27H24N4O2/c1-17(22(27(29)32)5-3-11-28)16-33-26-15-21(14-25-23(26)6-4-12-30-25)19-9-10-24-20(13-19)8-7-18(2)31-24/h3-15H,1,16,28H2,2H3,(H2,29,32)/b11-3-,22-5+. The molecule has 0 aliphatic rings. The molecule has 2 aromatic heterocycles. The van der Waals surface area contributed by atoms with Crippen LogP contribution in [0.3, 0.4) is 0 Å². The van der Waals surface area contributed by atoms with Gasteiger partial charge in [0.05, 0.1) is 11.0 Å². The Labute approximate surface area is 191 Å². The number of nitrogens with zero attached hydrogens (tertiary/aromatic N) is 2. The molecule has 0 atom stereocenters. The largest absolute Gasteiger partial charge is 0.488 e. The van der Waals surface area contributed by atoms with Crippen LogP contribution in [0.4, 0.5) is 0 Å². The first kappa shape index (κ1) is 21.8. The number of aromatic nitrogens is 2. The van der Waals surface area contributed by atoms with E-state index in [1.807, 2.05) is 49.4 Å². The molecule has 2 heterocycles. The molecule has 0 saturated heterocycles. The number of allylic oxidation sites excluding steroid dienone is 2. The summed E-state index contributed by atoms with van der Waals surface area (Å²) >= 11 is 0. The van der Waals surface area contributed by atoms with E-state index in [9.17, 15) is 4.79 Å². The molecule has 2 aromatic carbocycles. The van der Waals surface area contributed by atoms with Crippen LogP contribution >= 0.6 is 0 Å². The Kier molecular flexibility index (Phi) is 6.17. The lowest BCUT2D eigenvalue weighted by Gasteiger charge is -2.14. The molecular weight excluding hydrogens is 412 g/mol. The SMILES string of the molecule is C=C(COc1cc(-c2ccc3nc(C)ccc3c2)cc2ncccc12)/C(=C\C=C/N)C(N)=O. The van der Waals surface area contributed by atoms with Crippen LogP contribution in [-0.2, 0) is 4.79 Å². The molecule has 0 spiro atoms. The molecule has 0 saturated carbocycles. The minimum Gasteiger partial charge on any atom is -0.488 e. The number of primary amides is 1. The van der Waals surface area contributed by atoms with E-state index in [0.29, 0.717) is 11.3 Å². The van der Waals surface area contributed by atoms with E-state index in [4.69, 9.17) is 16.2 Å². The zero-order chi connectivity index (χ0) is 23.4. The lowest BCUT2D eigenvalue weighted by molar-refractivity contribution is -0.114. The lowest BCUT2D eigenvalue weighted by atomic mass is 10.0. The number of amides is 1. The quantitative estimate of drug-likeness (QED) is 0.326. The molecule has 0 aliphatic heterocycles. The highest BCUT2D eigenvalue weighted by molar-refractivity contribution is 5.97. The first-order chi connectivity index (χ1) is 16.0. The highest BCUT2D eigenvalue weighted by Gasteiger charge is 2.13. The minimum atomic E-state index is -0.595. The van der Waals surface area contributed by atoms with Crippen LogP contribution in [0.5, 0.6) is 5.75 Å². The van der Waals surface area contributed by atoms with Crippen molar-refractivity contribution < 1.29 is 9.53 Å². The number of nitrogens with two attached hydrogens (primary N) is 2. The molecule has 1 amide bonds. The fourth-order valence-electron chi connectivity index (χ4n) is 3.61. The van der Waals surface area contributed by atoms with E-state index < -0.39 is 5.91 Å². The summed E-state index contributed by atoms with van der Waals surface area (Å²) < 4.78 is 6.10. The van der Waals surface area contributed by atoms with Gasteiger partial charge in [-0.3, -0.25) is 14.8 Å². The highest BCUT2D eigenvalue weighted by atomic mass is 16.5. The van der Waals surface area contributed by atoms with E-state index in [0.717, 1.165) is 38.6 Å². The van der Waals surface area contributed by atoms with Gasteiger partial charge in [0, 0.05) is 28.2 Å². The van der Waals surface area contributed by atoms with Crippen molar-refractivity contribution >= 4 is 27.7 Å². The normalized spacial score (nSPS) is 11.8. The Morgan fingerprint density at radius 2 is 1.94 bits per heavy atom. The van der Waals surface area contributed by atoms with Crippen molar-refractivity contribution in [3.05, 3.63) is 103 Å². The number of carbonyl (C=O) groups is 1. The number of ether oxygens (including phenoxy) is 1. The molecule has 0 aliphatic carbocycles. The fraction of sp³-hybridized carbons (Fsp3) is 0.0741. The van der Waals surface area contributed by atoms with Crippen LogP contribution in [-0.4, -0.2) is 22.5 Å². The molecule has 4 N–H and O–H groups in total. The van der Waals surface area contributed by atoms with Crippen molar-refractivity contribution in [2.45, 2.75) is 6.92 Å². The van der Waals surface area contributed by atoms with Crippen molar-refractivity contribution in [2.24, 2.45) is 11.5 Å². The minimum absolute atomic E-state index is 0.0849. The van der Waals surface area contributed by atoms with Gasteiger partial charge in [0.25, 0.3) is 0 Å². The Balaban J connectivity index is 1.71. The predicted molar refractivity (Wildman–Crippen MR) is 132 cm³/mol. The van der Waals surface area contributed by atoms with Crippen LogP contribution in [0.25, 0.3) is 32.9 Å². The first-order valence-electron chi connectivity index (χ1n) is 10.4. The van der Waals surface area contributed by atoms with Crippen LogP contribution < -0.4 is 16.2 Å². The topological polar surface area (TPSA) is 104 Å². The second kappa shape index (κ2) is 9.36. The van der Waals surface area contributed by atoms with Crippen molar-refractivity contribution in [2.75, 3.05) is 6.61 Å². The van der Waals surface area contributed by atoms with Crippen molar-refractivity contribution in [3.8, 4) is 16.9 Å². The van der Waals surface area contributed by atoms with Crippen LogP contribution in [0.2, 0.25) is 0 Å². The van der Waals surface area contributed by atoms with Gasteiger partial charge in [0.15, 0.2) is 0 Å². The number of hydrogen-bond acceptors (Lipinski definition) is 5. The van der Waals surface area contributed by atoms with Crippen LogP contribution in [0, 0.1) is 6.92 Å². The van der Waals surface area contributed by atoms with Crippen molar-refractivity contribution in [3.63, 3.8) is 0 Å². The molecule has 164 valence electrons. The Hall–Kier alpha value is -4.45. The summed E-state index contributed by atoms with van der Waals surface area (Å²) in [5.41, 5.74) is 16.3. The summed E-state index contributed by atoms with van der Waals surface area (Å²) in [5, 5.41) is 1.91. The number of hydrogen-bond donors (Lipinski definition) is 2. The summed E-state index contributed by atoms with van der Waals surface area (Å²) in [5.74, 6) is 0.0408. The number of pyridine rings is 2. The molecule has 0 bridgehead atoms. The summed E-state index contributed by atoms with van der Waals surface area (Å²) in [6.45, 7) is 6.02. The number of fused-ring (bicyclic) bond motifs is 2. The van der Waals surface area contributed by atoms with E-state index in [-0.39, 0.29) is 12.2 Å². The van der Waals surface area contributed by atoms with Gasteiger partial charge in [-0.05, 0) is 84.4 Å². The van der Waals surface area contributed by atoms with Gasteiger partial charge in [-0.2, -0.15) is 0 Å². The lowest BCUT2D eigenvalue weighted by Crippen LogP contribution is -2.18. The maximum absolute atomic E-state index is 11.8. The monoisotopic (exact) mass is 436 g/mol. The molecule has 33 heavy (non-hydrogen) atoms. The van der Waals surface area contributed by atoms with Crippen LogP contribution in [0.1, 0.15) is 5.69 Å². The molecule has 0 unspecified atom stereocenters. The van der Waals surface area contributed by atoms with Gasteiger partial charge in [-0.15, -0.1) is 0 Å². The Morgan fingerprint density at radius 1 is 1.09 bits per heavy atom. The average Bonchev–Trinajstić information content (AvgIpc) is 2.82. The zero-order valence-electron chi connectivity index (χ0n) is 18.3. The zero-order valence-corrected chi connectivity index (χ0v) is 18.3. The maximum atomic E-state index is 11.8. The number of rotatable bonds is 7. The van der Waals surface area contributed by atoms with Gasteiger partial charge in [0.2, 0.25) is 5.91 Å². The van der Waals surface area contributed by atoms with E-state index in [1.165, 1.54) is 18.4 Å². The molecule has 6 nitrogen and oxygen atoms in total. The fourth-order valence-corrected chi connectivity index (χ4v) is 3.61. The van der Waals surface area contributed by atoms with Gasteiger partial charge < -0.3 is 16.2 Å². The summed E-state index contributed by atoms with van der Waals surface area (Å²) in [4.78, 5) is 20.9. The third-order valence-corrected chi connectivity index (χ3v) is 5.27. The Morgan fingerprint density at radius 3 is 2.73 bits per heavy atom. The van der Waals surface area contributed by atoms with Gasteiger partial charge in [-0.1, -0.05) is 18.7 Å². The third-order valence-electron chi connectivity index (χ3n) is 5.27. The predicted octanol–water partition coefficient (Wildman–Crippen LogP) is 4.58. The van der Waals surface area contributed by atoms with Gasteiger partial charge in [-0.25, -0.2) is 0 Å². The van der Waals surface area contributed by atoms with Gasteiger partial charge in [0.1, 0.15) is 12.4 Å². The second-order valence-corrected chi connectivity index (χ2v) is 7.63. The molecule has 6 heteroatoms. The smallest absolute Gasteiger partial charge is 0.249 e. The molecule has 4 rings (SSSR count). The van der Waals surface area contributed by atoms with E-state index >= 15 is 0 Å². The summed E-state index contributed by atoms with van der Waals surface area (Å²) in [6, 6.07) is 18.0. The molecule has 4 aromatic rings. The third kappa shape index (κ3) is 4.75.